The molecule has 84 valence electrons. The quantitative estimate of drug-likeness (QED) is 0.791. The zero-order valence-electron chi connectivity index (χ0n) is 9.11. The molecule has 0 aliphatic heterocycles. The zero-order valence-corrected chi connectivity index (χ0v) is 9.93. The Balaban J connectivity index is 2.87. The van der Waals surface area contributed by atoms with Crippen molar-refractivity contribution in [2.45, 2.75) is 13.3 Å². The van der Waals surface area contributed by atoms with Gasteiger partial charge < -0.3 is 11.5 Å². The van der Waals surface area contributed by atoms with Gasteiger partial charge in [0.2, 0.25) is 0 Å². The van der Waals surface area contributed by atoms with Crippen LogP contribution in [0.25, 0.3) is 10.2 Å². The van der Waals surface area contributed by atoms with Crippen LogP contribution in [-0.2, 0) is 6.42 Å². The second-order valence-electron chi connectivity index (χ2n) is 3.56. The summed E-state index contributed by atoms with van der Waals surface area (Å²) in [6.45, 7) is 1.79. The summed E-state index contributed by atoms with van der Waals surface area (Å²) in [6, 6.07) is 4.08. The van der Waals surface area contributed by atoms with Gasteiger partial charge in [-0.1, -0.05) is 0 Å². The molecule has 0 saturated carbocycles. The number of nitrogens with two attached hydrogens (primary N) is 2. The molecule has 0 unspecified atom stereocenters. The fourth-order valence-corrected chi connectivity index (χ4v) is 2.84. The van der Waals surface area contributed by atoms with Gasteiger partial charge in [0.25, 0.3) is 0 Å². The van der Waals surface area contributed by atoms with E-state index in [0.717, 1.165) is 15.8 Å². The number of thiophene rings is 1. The molecule has 0 bridgehead atoms. The molecule has 2 rings (SSSR count). The number of aryl methyl sites for hydroxylation is 1. The van der Waals surface area contributed by atoms with E-state index in [9.17, 15) is 0 Å². The van der Waals surface area contributed by atoms with Gasteiger partial charge in [-0.05, 0) is 12.5 Å². The van der Waals surface area contributed by atoms with Crippen molar-refractivity contribution in [1.29, 1.82) is 10.5 Å². The Kier molecular flexibility index (Phi) is 2.58. The minimum atomic E-state index is 0.210. The summed E-state index contributed by atoms with van der Waals surface area (Å²) in [5, 5.41) is 18.4. The Morgan fingerprint density at radius 1 is 1.35 bits per heavy atom. The Bertz CT molecular complexity index is 687. The molecule has 0 fully saturated rings. The molecule has 0 aliphatic rings. The number of nitrogen functional groups attached to an aromatic ring is 2. The van der Waals surface area contributed by atoms with Gasteiger partial charge in [0.15, 0.2) is 0 Å². The number of nitrogens with zero attached hydrogens (tertiary/aromatic N) is 3. The molecule has 5 nitrogen and oxygen atoms in total. The molecule has 2 aromatic rings. The third-order valence-electron chi connectivity index (χ3n) is 2.58. The zero-order chi connectivity index (χ0) is 12.6. The number of fused-ring (bicyclic) bond motifs is 1. The first-order valence-electron chi connectivity index (χ1n) is 4.84. The first kappa shape index (κ1) is 11.2. The number of pyridine rings is 1. The van der Waals surface area contributed by atoms with Crippen molar-refractivity contribution in [3.05, 3.63) is 16.0 Å². The van der Waals surface area contributed by atoms with Crippen molar-refractivity contribution in [1.82, 2.24) is 4.98 Å². The van der Waals surface area contributed by atoms with Crippen LogP contribution in [0.2, 0.25) is 0 Å². The largest absolute Gasteiger partial charge is 0.397 e. The normalized spacial score (nSPS) is 10.1. The Hall–Kier alpha value is -2.31. The summed E-state index contributed by atoms with van der Waals surface area (Å²) < 4.78 is 0. The first-order chi connectivity index (χ1) is 8.10. The molecule has 0 saturated heterocycles. The lowest BCUT2D eigenvalue weighted by molar-refractivity contribution is 1.32. The lowest BCUT2D eigenvalue weighted by atomic mass is 10.1. The van der Waals surface area contributed by atoms with Crippen molar-refractivity contribution in [3.63, 3.8) is 0 Å². The van der Waals surface area contributed by atoms with E-state index >= 15 is 0 Å². The lowest BCUT2D eigenvalue weighted by Crippen LogP contribution is -1.98. The number of nitriles is 2. The van der Waals surface area contributed by atoms with Crippen molar-refractivity contribution in [2.24, 2.45) is 0 Å². The van der Waals surface area contributed by atoms with Gasteiger partial charge in [0.1, 0.15) is 16.7 Å². The highest BCUT2D eigenvalue weighted by atomic mass is 32.1. The van der Waals surface area contributed by atoms with Gasteiger partial charge >= 0.3 is 0 Å². The summed E-state index contributed by atoms with van der Waals surface area (Å²) in [4.78, 5) is 5.61. The maximum atomic E-state index is 9.00. The van der Waals surface area contributed by atoms with Crippen molar-refractivity contribution >= 4 is 33.1 Å². The van der Waals surface area contributed by atoms with Gasteiger partial charge in [0, 0.05) is 10.3 Å². The Morgan fingerprint density at radius 3 is 2.65 bits per heavy atom. The standard InChI is InChI=1S/C11H9N5S/c1-5-6(4-13)10(15)16-11-8(5)9(14)7(17-11)2-3-12/h2,14H2,1H3,(H2,15,16). The highest BCUT2D eigenvalue weighted by Crippen LogP contribution is 2.37. The van der Waals surface area contributed by atoms with Crippen molar-refractivity contribution < 1.29 is 0 Å². The topological polar surface area (TPSA) is 113 Å². The molecule has 2 aromatic heterocycles. The van der Waals surface area contributed by atoms with E-state index in [1.807, 2.05) is 6.07 Å². The molecular formula is C11H9N5S. The van der Waals surface area contributed by atoms with E-state index in [4.69, 9.17) is 22.0 Å². The number of aromatic nitrogens is 1. The first-order valence-corrected chi connectivity index (χ1v) is 5.65. The number of hydrogen-bond donors (Lipinski definition) is 2. The predicted molar refractivity (Wildman–Crippen MR) is 67.2 cm³/mol. The summed E-state index contributed by atoms with van der Waals surface area (Å²) in [5.41, 5.74) is 13.3. The lowest BCUT2D eigenvalue weighted by Gasteiger charge is -2.03. The second-order valence-corrected chi connectivity index (χ2v) is 4.65. The molecule has 0 aliphatic carbocycles. The smallest absolute Gasteiger partial charge is 0.143 e. The third kappa shape index (κ3) is 1.55. The number of anilines is 2. The molecule has 2 heterocycles. The molecular weight excluding hydrogens is 234 g/mol. The SMILES string of the molecule is Cc1c(C#N)c(N)nc2sc(CC#N)c(N)c12. The monoisotopic (exact) mass is 243 g/mol. The highest BCUT2D eigenvalue weighted by Gasteiger charge is 2.17. The van der Waals surface area contributed by atoms with Crippen LogP contribution in [0.15, 0.2) is 0 Å². The van der Waals surface area contributed by atoms with Crippen LogP contribution in [0.5, 0.6) is 0 Å². The molecule has 0 atom stereocenters. The predicted octanol–water partition coefficient (Wildman–Crippen LogP) is 1.71. The summed E-state index contributed by atoms with van der Waals surface area (Å²) in [5.74, 6) is 0.210. The molecule has 0 radical (unpaired) electrons. The number of hydrogen-bond acceptors (Lipinski definition) is 6. The Morgan fingerprint density at radius 2 is 2.06 bits per heavy atom. The fourth-order valence-electron chi connectivity index (χ4n) is 1.75. The van der Waals surface area contributed by atoms with Crippen molar-refractivity contribution in [2.75, 3.05) is 11.5 Å². The molecule has 0 aromatic carbocycles. The molecule has 4 N–H and O–H groups in total. The van der Waals surface area contributed by atoms with E-state index < -0.39 is 0 Å². The number of rotatable bonds is 1. The maximum absolute atomic E-state index is 9.00. The summed E-state index contributed by atoms with van der Waals surface area (Å²) in [7, 11) is 0. The highest BCUT2D eigenvalue weighted by molar-refractivity contribution is 7.19. The van der Waals surface area contributed by atoms with Crippen LogP contribution >= 0.6 is 11.3 Å². The van der Waals surface area contributed by atoms with Crippen LogP contribution in [-0.4, -0.2) is 4.98 Å². The van der Waals surface area contributed by atoms with E-state index in [2.05, 4.69) is 11.1 Å². The molecule has 0 spiro atoms. The van der Waals surface area contributed by atoms with Gasteiger partial charge in [-0.15, -0.1) is 11.3 Å². The minimum absolute atomic E-state index is 0.210. The maximum Gasteiger partial charge on any atom is 0.143 e. The third-order valence-corrected chi connectivity index (χ3v) is 3.68. The van der Waals surface area contributed by atoms with Gasteiger partial charge in [0.05, 0.1) is 23.7 Å². The average molecular weight is 243 g/mol. The van der Waals surface area contributed by atoms with E-state index in [0.29, 0.717) is 16.1 Å². The van der Waals surface area contributed by atoms with Gasteiger partial charge in [-0.2, -0.15) is 10.5 Å². The van der Waals surface area contributed by atoms with E-state index in [1.54, 1.807) is 6.92 Å². The van der Waals surface area contributed by atoms with Crippen LogP contribution in [0.1, 0.15) is 16.0 Å². The van der Waals surface area contributed by atoms with Gasteiger partial charge in [-0.25, -0.2) is 4.98 Å². The molecule has 0 amide bonds. The average Bonchev–Trinajstić information content (AvgIpc) is 2.57. The molecule has 6 heteroatoms. The summed E-state index contributed by atoms with van der Waals surface area (Å²) >= 11 is 1.35. The van der Waals surface area contributed by atoms with E-state index in [1.165, 1.54) is 11.3 Å². The van der Waals surface area contributed by atoms with Crippen LogP contribution in [0, 0.1) is 29.6 Å². The van der Waals surface area contributed by atoms with Crippen molar-refractivity contribution in [3.8, 4) is 12.1 Å². The summed E-state index contributed by atoms with van der Waals surface area (Å²) in [6.07, 6.45) is 0.244. The van der Waals surface area contributed by atoms with Crippen LogP contribution in [0.4, 0.5) is 11.5 Å². The van der Waals surface area contributed by atoms with Crippen LogP contribution < -0.4 is 11.5 Å². The molecule has 17 heavy (non-hydrogen) atoms. The van der Waals surface area contributed by atoms with E-state index in [-0.39, 0.29) is 12.2 Å². The van der Waals surface area contributed by atoms with Gasteiger partial charge in [-0.3, -0.25) is 0 Å². The Labute approximate surface area is 102 Å². The van der Waals surface area contributed by atoms with Crippen LogP contribution in [0.3, 0.4) is 0 Å². The second kappa shape index (κ2) is 3.93. The fraction of sp³-hybridized carbons (Fsp3) is 0.182. The minimum Gasteiger partial charge on any atom is -0.397 e.